The van der Waals surface area contributed by atoms with Crippen LogP contribution < -0.4 is 10.9 Å². The second-order valence-electron chi connectivity index (χ2n) is 6.53. The molecule has 0 radical (unpaired) electrons. The van der Waals surface area contributed by atoms with Gasteiger partial charge in [-0.05, 0) is 32.8 Å². The van der Waals surface area contributed by atoms with E-state index in [0.29, 0.717) is 38.8 Å². The van der Waals surface area contributed by atoms with Gasteiger partial charge in [0.2, 0.25) is 5.95 Å². The molecule has 138 valence electrons. The lowest BCUT2D eigenvalue weighted by molar-refractivity contribution is 0.461. The summed E-state index contributed by atoms with van der Waals surface area (Å²) in [5.41, 5.74) is 1.14. The van der Waals surface area contributed by atoms with E-state index in [4.69, 9.17) is 23.2 Å². The normalized spacial score (nSPS) is 17.3. The Morgan fingerprint density at radius 3 is 2.69 bits per heavy atom. The maximum absolute atomic E-state index is 12.6. The predicted molar refractivity (Wildman–Crippen MR) is 109 cm³/mol. The minimum Gasteiger partial charge on any atom is -0.351 e. The molecule has 0 unspecified atom stereocenters. The van der Waals surface area contributed by atoms with Crippen LogP contribution in [-0.2, 0) is 0 Å². The number of hydrogen-bond acceptors (Lipinski definition) is 4. The van der Waals surface area contributed by atoms with Crippen molar-refractivity contribution in [1.29, 1.82) is 0 Å². The molecule has 0 amide bonds. The highest BCUT2D eigenvalue weighted by Gasteiger charge is 2.16. The zero-order valence-corrected chi connectivity index (χ0v) is 16.4. The molecule has 0 bridgehead atoms. The van der Waals surface area contributed by atoms with Crippen LogP contribution in [0.1, 0.15) is 51.5 Å². The summed E-state index contributed by atoms with van der Waals surface area (Å²) in [7, 11) is 0. The number of aromatic amines is 1. The Hall–Kier alpha value is -1.85. The Labute approximate surface area is 162 Å². The molecule has 2 N–H and O–H groups in total. The SMILES string of the molecule is C/C=C(Cl)\C(=C(/C)Cl)c1cc2cnc(NC3CCCCC3)nc2[nH]c1=O. The minimum atomic E-state index is -0.283. The number of pyridine rings is 1. The van der Waals surface area contributed by atoms with Crippen LogP contribution in [-0.4, -0.2) is 21.0 Å². The van der Waals surface area contributed by atoms with E-state index in [0.717, 1.165) is 18.2 Å². The predicted octanol–water partition coefficient (Wildman–Crippen LogP) is 5.18. The van der Waals surface area contributed by atoms with Crippen molar-refractivity contribution in [3.63, 3.8) is 0 Å². The topological polar surface area (TPSA) is 70.7 Å². The van der Waals surface area contributed by atoms with Crippen molar-refractivity contribution in [3.8, 4) is 0 Å². The number of fused-ring (bicyclic) bond motifs is 1. The third-order valence-electron chi connectivity index (χ3n) is 4.64. The Bertz CT molecular complexity index is 923. The van der Waals surface area contributed by atoms with E-state index in [1.54, 1.807) is 32.2 Å². The second kappa shape index (κ2) is 8.23. The second-order valence-corrected chi connectivity index (χ2v) is 7.51. The van der Waals surface area contributed by atoms with Gasteiger partial charge in [0.25, 0.3) is 5.56 Å². The molecule has 0 atom stereocenters. The van der Waals surface area contributed by atoms with Crippen LogP contribution in [0.15, 0.2) is 33.2 Å². The molecule has 1 saturated carbocycles. The standard InChI is InChI=1S/C19H22Cl2N4O/c1-3-15(21)16(11(2)20)14-9-12-10-22-19(25-17(12)24-18(14)26)23-13-7-5-4-6-8-13/h3,9-10,13H,4-8H2,1-2H3,(H2,22,23,24,25,26)/b15-3+,16-11+. The molecule has 0 aromatic carbocycles. The highest BCUT2D eigenvalue weighted by Crippen LogP contribution is 2.30. The van der Waals surface area contributed by atoms with Gasteiger partial charge in [0.15, 0.2) is 0 Å². The van der Waals surface area contributed by atoms with Gasteiger partial charge in [-0.15, -0.1) is 0 Å². The summed E-state index contributed by atoms with van der Waals surface area (Å²) in [5.74, 6) is 0.545. The van der Waals surface area contributed by atoms with Gasteiger partial charge in [0.1, 0.15) is 5.65 Å². The van der Waals surface area contributed by atoms with Crippen molar-refractivity contribution in [2.24, 2.45) is 0 Å². The molecule has 2 aromatic rings. The summed E-state index contributed by atoms with van der Waals surface area (Å²) in [6.45, 7) is 3.50. The van der Waals surface area contributed by atoms with E-state index in [1.165, 1.54) is 19.3 Å². The number of anilines is 1. The van der Waals surface area contributed by atoms with Gasteiger partial charge in [-0.1, -0.05) is 48.5 Å². The summed E-state index contributed by atoms with van der Waals surface area (Å²) in [6, 6.07) is 2.13. The van der Waals surface area contributed by atoms with Gasteiger partial charge < -0.3 is 10.3 Å². The number of hydrogen-bond donors (Lipinski definition) is 2. The van der Waals surface area contributed by atoms with Crippen molar-refractivity contribution in [2.75, 3.05) is 5.32 Å². The summed E-state index contributed by atoms with van der Waals surface area (Å²) in [4.78, 5) is 24.3. The lowest BCUT2D eigenvalue weighted by atomic mass is 9.96. The first-order valence-electron chi connectivity index (χ1n) is 8.85. The van der Waals surface area contributed by atoms with Gasteiger partial charge in [-0.25, -0.2) is 4.98 Å². The van der Waals surface area contributed by atoms with Gasteiger partial charge in [-0.3, -0.25) is 4.79 Å². The summed E-state index contributed by atoms with van der Waals surface area (Å²) in [5, 5.41) is 4.98. The van der Waals surface area contributed by atoms with E-state index >= 15 is 0 Å². The largest absolute Gasteiger partial charge is 0.351 e. The molecule has 1 fully saturated rings. The van der Waals surface area contributed by atoms with Crippen molar-refractivity contribution in [3.05, 3.63) is 44.3 Å². The van der Waals surface area contributed by atoms with Crippen LogP contribution >= 0.6 is 23.2 Å². The molecule has 2 heterocycles. The minimum absolute atomic E-state index is 0.283. The molecular formula is C19H22Cl2N4O. The smallest absolute Gasteiger partial charge is 0.257 e. The van der Waals surface area contributed by atoms with E-state index in [-0.39, 0.29) is 5.56 Å². The number of aromatic nitrogens is 3. The van der Waals surface area contributed by atoms with Gasteiger partial charge in [-0.2, -0.15) is 4.98 Å². The van der Waals surface area contributed by atoms with Crippen LogP contribution in [0, 0.1) is 0 Å². The highest BCUT2D eigenvalue weighted by molar-refractivity contribution is 6.41. The first-order valence-corrected chi connectivity index (χ1v) is 9.60. The van der Waals surface area contributed by atoms with Crippen molar-refractivity contribution in [2.45, 2.75) is 52.0 Å². The fraction of sp³-hybridized carbons (Fsp3) is 0.421. The molecule has 0 saturated heterocycles. The van der Waals surface area contributed by atoms with Crippen LogP contribution in [0.4, 0.5) is 5.95 Å². The van der Waals surface area contributed by atoms with Crippen LogP contribution in [0.5, 0.6) is 0 Å². The summed E-state index contributed by atoms with van der Waals surface area (Å²) in [6.07, 6.45) is 9.41. The maximum atomic E-state index is 12.6. The van der Waals surface area contributed by atoms with E-state index < -0.39 is 0 Å². The fourth-order valence-corrected chi connectivity index (χ4v) is 3.80. The van der Waals surface area contributed by atoms with E-state index in [1.807, 2.05) is 0 Å². The average molecular weight is 393 g/mol. The monoisotopic (exact) mass is 392 g/mol. The molecule has 0 aliphatic heterocycles. The van der Waals surface area contributed by atoms with Gasteiger partial charge in [0, 0.05) is 33.3 Å². The molecule has 2 aromatic heterocycles. The molecule has 7 heteroatoms. The first-order chi connectivity index (χ1) is 12.5. The third kappa shape index (κ3) is 4.10. The first kappa shape index (κ1) is 18.9. The van der Waals surface area contributed by atoms with Crippen molar-refractivity contribution in [1.82, 2.24) is 15.0 Å². The molecule has 5 nitrogen and oxygen atoms in total. The molecule has 1 aliphatic rings. The molecule has 0 spiro atoms. The highest BCUT2D eigenvalue weighted by atomic mass is 35.5. The lowest BCUT2D eigenvalue weighted by Crippen LogP contribution is -2.23. The van der Waals surface area contributed by atoms with Crippen LogP contribution in [0.25, 0.3) is 16.6 Å². The molecule has 1 aliphatic carbocycles. The van der Waals surface area contributed by atoms with E-state index in [2.05, 4.69) is 20.3 Å². The van der Waals surface area contributed by atoms with Gasteiger partial charge in [0.05, 0.1) is 5.56 Å². The lowest BCUT2D eigenvalue weighted by Gasteiger charge is -2.22. The summed E-state index contributed by atoms with van der Waals surface area (Å²) < 4.78 is 0. The Morgan fingerprint density at radius 1 is 1.31 bits per heavy atom. The third-order valence-corrected chi connectivity index (χ3v) is 5.23. The number of halogens is 2. The zero-order chi connectivity index (χ0) is 18.7. The zero-order valence-electron chi connectivity index (χ0n) is 14.9. The Balaban J connectivity index is 1.98. The number of nitrogens with one attached hydrogen (secondary N) is 2. The van der Waals surface area contributed by atoms with Crippen LogP contribution in [0.3, 0.4) is 0 Å². The fourth-order valence-electron chi connectivity index (χ4n) is 3.30. The van der Waals surface area contributed by atoms with Gasteiger partial charge >= 0.3 is 0 Å². The quantitative estimate of drug-likeness (QED) is 0.703. The molecular weight excluding hydrogens is 371 g/mol. The number of allylic oxidation sites excluding steroid dienone is 4. The number of H-pyrrole nitrogens is 1. The summed E-state index contributed by atoms with van der Waals surface area (Å²) >= 11 is 12.4. The number of nitrogens with zero attached hydrogens (tertiary/aromatic N) is 2. The maximum Gasteiger partial charge on any atom is 0.257 e. The Kier molecular flexibility index (Phi) is 5.99. The van der Waals surface area contributed by atoms with E-state index in [9.17, 15) is 4.79 Å². The van der Waals surface area contributed by atoms with Crippen molar-refractivity contribution >= 4 is 45.8 Å². The number of rotatable bonds is 4. The van der Waals surface area contributed by atoms with Crippen LogP contribution in [0.2, 0.25) is 0 Å². The Morgan fingerprint density at radius 2 is 2.04 bits per heavy atom. The van der Waals surface area contributed by atoms with Crippen molar-refractivity contribution < 1.29 is 0 Å². The molecule has 26 heavy (non-hydrogen) atoms. The average Bonchev–Trinajstić information content (AvgIpc) is 2.63. The molecule has 3 rings (SSSR count).